The minimum Gasteiger partial charge on any atom is -0.461 e. The van der Waals surface area contributed by atoms with Crippen LogP contribution in [0.4, 0.5) is 0 Å². The monoisotopic (exact) mass is 239 g/mol. The molecular formula is C11H17N3O3. The van der Waals surface area contributed by atoms with Crippen molar-refractivity contribution in [3.63, 3.8) is 0 Å². The number of aromatic nitrogens is 2. The van der Waals surface area contributed by atoms with E-state index in [4.69, 9.17) is 15.2 Å². The number of H-pyrrole nitrogens is 1. The first-order valence-corrected chi connectivity index (χ1v) is 5.77. The van der Waals surface area contributed by atoms with E-state index in [1.165, 1.54) is 0 Å². The molecule has 0 spiro atoms. The summed E-state index contributed by atoms with van der Waals surface area (Å²) in [5.74, 6) is -0.355. The van der Waals surface area contributed by atoms with Crippen LogP contribution in [0.5, 0.6) is 0 Å². The molecule has 94 valence electrons. The predicted molar refractivity (Wildman–Crippen MR) is 60.2 cm³/mol. The van der Waals surface area contributed by atoms with Gasteiger partial charge >= 0.3 is 5.97 Å². The Balaban J connectivity index is 1.78. The first-order valence-electron chi connectivity index (χ1n) is 5.77. The van der Waals surface area contributed by atoms with Gasteiger partial charge in [0.2, 0.25) is 0 Å². The standard InChI is InChI=1S/C11H17N3O3/c12-10(5-8-6-13-7-14-8)11(15)17-9-1-3-16-4-2-9/h6-7,9-10H,1-5,12H2,(H,13,14)/t10-/m0/s1. The Morgan fingerprint density at radius 2 is 2.41 bits per heavy atom. The van der Waals surface area contributed by atoms with Crippen molar-refractivity contribution in [2.45, 2.75) is 31.4 Å². The van der Waals surface area contributed by atoms with Gasteiger partial charge in [-0.2, -0.15) is 0 Å². The number of nitrogens with one attached hydrogen (secondary N) is 1. The largest absolute Gasteiger partial charge is 0.461 e. The number of imidazole rings is 1. The molecule has 0 radical (unpaired) electrons. The summed E-state index contributed by atoms with van der Waals surface area (Å²) in [5.41, 5.74) is 6.61. The van der Waals surface area contributed by atoms with Crippen LogP contribution < -0.4 is 5.73 Å². The highest BCUT2D eigenvalue weighted by atomic mass is 16.6. The van der Waals surface area contributed by atoms with Gasteiger partial charge in [0.1, 0.15) is 12.1 Å². The van der Waals surface area contributed by atoms with Gasteiger partial charge in [0, 0.05) is 31.2 Å². The molecule has 3 N–H and O–H groups in total. The topological polar surface area (TPSA) is 90.2 Å². The summed E-state index contributed by atoms with van der Waals surface area (Å²) in [5, 5.41) is 0. The predicted octanol–water partition coefficient (Wildman–Crippen LogP) is 0.00170. The second-order valence-corrected chi connectivity index (χ2v) is 4.14. The van der Waals surface area contributed by atoms with Gasteiger partial charge in [-0.15, -0.1) is 0 Å². The van der Waals surface area contributed by atoms with Gasteiger partial charge in [0.05, 0.1) is 19.5 Å². The quantitative estimate of drug-likeness (QED) is 0.722. The molecule has 0 saturated carbocycles. The summed E-state index contributed by atoms with van der Waals surface area (Å²) in [6.07, 6.45) is 5.09. The van der Waals surface area contributed by atoms with Crippen molar-refractivity contribution in [1.82, 2.24) is 9.97 Å². The van der Waals surface area contributed by atoms with Crippen LogP contribution in [0.25, 0.3) is 0 Å². The summed E-state index contributed by atoms with van der Waals surface area (Å²) in [4.78, 5) is 18.5. The normalized spacial score (nSPS) is 18.9. The zero-order valence-electron chi connectivity index (χ0n) is 9.59. The fourth-order valence-corrected chi connectivity index (χ4v) is 1.76. The van der Waals surface area contributed by atoms with Crippen molar-refractivity contribution >= 4 is 5.97 Å². The molecule has 6 heteroatoms. The van der Waals surface area contributed by atoms with E-state index in [-0.39, 0.29) is 12.1 Å². The lowest BCUT2D eigenvalue weighted by Crippen LogP contribution is -2.38. The number of aromatic amines is 1. The molecule has 1 fully saturated rings. The number of ether oxygens (including phenoxy) is 2. The third kappa shape index (κ3) is 3.54. The fourth-order valence-electron chi connectivity index (χ4n) is 1.76. The second kappa shape index (κ2) is 5.79. The first kappa shape index (κ1) is 12.1. The van der Waals surface area contributed by atoms with Crippen LogP contribution >= 0.6 is 0 Å². The van der Waals surface area contributed by atoms with E-state index in [2.05, 4.69) is 9.97 Å². The molecule has 1 atom stereocenters. The van der Waals surface area contributed by atoms with Gasteiger partial charge in [0.15, 0.2) is 0 Å². The van der Waals surface area contributed by atoms with Gasteiger partial charge in [-0.25, -0.2) is 4.98 Å². The molecule has 17 heavy (non-hydrogen) atoms. The van der Waals surface area contributed by atoms with Crippen molar-refractivity contribution < 1.29 is 14.3 Å². The molecule has 1 aromatic rings. The minimum atomic E-state index is -0.640. The number of carbonyl (C=O) groups is 1. The van der Waals surface area contributed by atoms with E-state index in [0.717, 1.165) is 18.5 Å². The van der Waals surface area contributed by atoms with Crippen LogP contribution in [-0.2, 0) is 20.7 Å². The number of nitrogens with zero attached hydrogens (tertiary/aromatic N) is 1. The Hall–Kier alpha value is -1.40. The Bertz CT molecular complexity index is 347. The first-order chi connectivity index (χ1) is 8.25. The number of hydrogen-bond donors (Lipinski definition) is 2. The van der Waals surface area contributed by atoms with Crippen molar-refractivity contribution in [1.29, 1.82) is 0 Å². The molecule has 0 bridgehead atoms. The SMILES string of the molecule is N[C@@H](Cc1cnc[nH]1)C(=O)OC1CCOCC1. The number of carbonyl (C=O) groups excluding carboxylic acids is 1. The molecule has 1 saturated heterocycles. The van der Waals surface area contributed by atoms with Gasteiger partial charge in [-0.1, -0.05) is 0 Å². The van der Waals surface area contributed by atoms with Crippen molar-refractivity contribution in [2.24, 2.45) is 5.73 Å². The number of rotatable bonds is 4. The Kier molecular flexibility index (Phi) is 4.11. The smallest absolute Gasteiger partial charge is 0.323 e. The highest BCUT2D eigenvalue weighted by Gasteiger charge is 2.22. The molecule has 1 aliphatic heterocycles. The van der Waals surface area contributed by atoms with E-state index >= 15 is 0 Å². The number of hydrogen-bond acceptors (Lipinski definition) is 5. The molecule has 2 rings (SSSR count). The zero-order valence-corrected chi connectivity index (χ0v) is 9.59. The van der Waals surface area contributed by atoms with Crippen molar-refractivity contribution in [2.75, 3.05) is 13.2 Å². The molecule has 0 aromatic carbocycles. The molecule has 1 aliphatic rings. The molecule has 1 aromatic heterocycles. The number of nitrogens with two attached hydrogens (primary N) is 1. The van der Waals surface area contributed by atoms with Crippen LogP contribution in [0.3, 0.4) is 0 Å². The maximum absolute atomic E-state index is 11.7. The maximum Gasteiger partial charge on any atom is 0.323 e. The van der Waals surface area contributed by atoms with E-state index in [0.29, 0.717) is 19.6 Å². The van der Waals surface area contributed by atoms with E-state index in [1.54, 1.807) is 12.5 Å². The highest BCUT2D eigenvalue weighted by molar-refractivity contribution is 5.76. The van der Waals surface area contributed by atoms with Gasteiger partial charge in [0.25, 0.3) is 0 Å². The molecule has 2 heterocycles. The average molecular weight is 239 g/mol. The summed E-state index contributed by atoms with van der Waals surface area (Å²) >= 11 is 0. The van der Waals surface area contributed by atoms with Crippen LogP contribution in [0.2, 0.25) is 0 Å². The van der Waals surface area contributed by atoms with E-state index in [1.807, 2.05) is 0 Å². The van der Waals surface area contributed by atoms with Crippen LogP contribution in [0.15, 0.2) is 12.5 Å². The third-order valence-corrected chi connectivity index (χ3v) is 2.75. The Labute approximate surface area is 99.5 Å². The highest BCUT2D eigenvalue weighted by Crippen LogP contribution is 2.11. The van der Waals surface area contributed by atoms with Crippen molar-refractivity contribution in [3.05, 3.63) is 18.2 Å². The van der Waals surface area contributed by atoms with E-state index < -0.39 is 6.04 Å². The van der Waals surface area contributed by atoms with Crippen LogP contribution in [-0.4, -0.2) is 41.3 Å². The fraction of sp³-hybridized carbons (Fsp3) is 0.636. The van der Waals surface area contributed by atoms with Crippen LogP contribution in [0.1, 0.15) is 18.5 Å². The lowest BCUT2D eigenvalue weighted by molar-refractivity contribution is -0.154. The minimum absolute atomic E-state index is 0.0518. The zero-order chi connectivity index (χ0) is 12.1. The molecule has 6 nitrogen and oxygen atoms in total. The van der Waals surface area contributed by atoms with E-state index in [9.17, 15) is 4.79 Å². The molecule has 0 unspecified atom stereocenters. The lowest BCUT2D eigenvalue weighted by atomic mass is 10.1. The summed E-state index contributed by atoms with van der Waals surface area (Å²) in [7, 11) is 0. The summed E-state index contributed by atoms with van der Waals surface area (Å²) in [6, 6.07) is -0.640. The summed E-state index contributed by atoms with van der Waals surface area (Å²) < 4.78 is 10.5. The second-order valence-electron chi connectivity index (χ2n) is 4.14. The summed E-state index contributed by atoms with van der Waals surface area (Å²) in [6.45, 7) is 1.29. The van der Waals surface area contributed by atoms with Gasteiger partial charge < -0.3 is 20.2 Å². The average Bonchev–Trinajstić information content (AvgIpc) is 2.83. The Morgan fingerprint density at radius 1 is 1.65 bits per heavy atom. The molecular weight excluding hydrogens is 222 g/mol. The molecule has 0 amide bonds. The van der Waals surface area contributed by atoms with Crippen LogP contribution in [0, 0.1) is 0 Å². The van der Waals surface area contributed by atoms with Gasteiger partial charge in [-0.3, -0.25) is 4.79 Å². The molecule has 0 aliphatic carbocycles. The number of esters is 1. The van der Waals surface area contributed by atoms with Crippen molar-refractivity contribution in [3.8, 4) is 0 Å². The van der Waals surface area contributed by atoms with Gasteiger partial charge in [-0.05, 0) is 0 Å². The third-order valence-electron chi connectivity index (χ3n) is 2.75. The lowest BCUT2D eigenvalue weighted by Gasteiger charge is -2.23. The Morgan fingerprint density at radius 3 is 3.06 bits per heavy atom. The maximum atomic E-state index is 11.7.